The number of azo groups is 1. The zero-order valence-electron chi connectivity index (χ0n) is 12.2. The lowest BCUT2D eigenvalue weighted by atomic mass is 10.3. The Balaban J connectivity index is 2.03. The summed E-state index contributed by atoms with van der Waals surface area (Å²) in [6, 6.07) is 10.9. The molecule has 0 saturated carbocycles. The maximum Gasteiger partial charge on any atom is 0.309 e. The molecule has 0 saturated heterocycles. The van der Waals surface area contributed by atoms with E-state index in [2.05, 4.69) is 15.2 Å². The molecule has 1 N–H and O–H groups in total. The van der Waals surface area contributed by atoms with Crippen molar-refractivity contribution in [3.8, 4) is 0 Å². The van der Waals surface area contributed by atoms with E-state index in [-0.39, 0.29) is 29.3 Å². The normalized spacial score (nSPS) is 11.2. The van der Waals surface area contributed by atoms with Gasteiger partial charge in [-0.1, -0.05) is 12.1 Å². The summed E-state index contributed by atoms with van der Waals surface area (Å²) in [5, 5.41) is 27.8. The third kappa shape index (κ3) is 3.09. The lowest BCUT2D eigenvalue weighted by molar-refractivity contribution is -0.384. The topological polar surface area (TPSA) is 122 Å². The van der Waals surface area contributed by atoms with Gasteiger partial charge in [0.25, 0.3) is 5.69 Å². The van der Waals surface area contributed by atoms with E-state index in [1.54, 1.807) is 34.9 Å². The minimum Gasteiger partial charge on any atom is -0.481 e. The molecule has 0 aliphatic heterocycles. The van der Waals surface area contributed by atoms with Gasteiger partial charge in [0.15, 0.2) is 5.82 Å². The SMILES string of the molecule is O=C(O)Cc1nc2ccccn2c1N=Nc1cccc([N+](=O)[O-])c1. The number of nitro benzene ring substituents is 1. The molecule has 3 aromatic rings. The van der Waals surface area contributed by atoms with Crippen LogP contribution >= 0.6 is 0 Å². The second kappa shape index (κ2) is 6.24. The molecule has 2 aromatic heterocycles. The third-order valence-electron chi connectivity index (χ3n) is 3.19. The molecule has 0 unspecified atom stereocenters. The number of hydrogen-bond acceptors (Lipinski definition) is 6. The van der Waals surface area contributed by atoms with Crippen LogP contribution in [0.25, 0.3) is 5.65 Å². The van der Waals surface area contributed by atoms with Crippen molar-refractivity contribution in [2.75, 3.05) is 0 Å². The van der Waals surface area contributed by atoms with Crippen LogP contribution in [0, 0.1) is 10.1 Å². The molecular formula is C15H11N5O4. The summed E-state index contributed by atoms with van der Waals surface area (Å²) >= 11 is 0. The van der Waals surface area contributed by atoms with E-state index in [0.29, 0.717) is 5.65 Å². The van der Waals surface area contributed by atoms with Gasteiger partial charge in [-0.15, -0.1) is 10.2 Å². The van der Waals surface area contributed by atoms with Crippen molar-refractivity contribution in [3.63, 3.8) is 0 Å². The minimum atomic E-state index is -1.04. The van der Waals surface area contributed by atoms with Crippen molar-refractivity contribution in [3.05, 3.63) is 64.5 Å². The van der Waals surface area contributed by atoms with E-state index >= 15 is 0 Å². The summed E-state index contributed by atoms with van der Waals surface area (Å²) in [4.78, 5) is 25.5. The highest BCUT2D eigenvalue weighted by atomic mass is 16.6. The summed E-state index contributed by atoms with van der Waals surface area (Å²) in [5.41, 5.74) is 0.997. The Bertz CT molecular complexity index is 963. The van der Waals surface area contributed by atoms with Gasteiger partial charge in [0.05, 0.1) is 22.7 Å². The van der Waals surface area contributed by atoms with Crippen LogP contribution in [0.5, 0.6) is 0 Å². The van der Waals surface area contributed by atoms with Crippen LogP contribution in [-0.2, 0) is 11.2 Å². The zero-order valence-corrected chi connectivity index (χ0v) is 12.2. The first-order chi connectivity index (χ1) is 11.5. The molecule has 24 heavy (non-hydrogen) atoms. The van der Waals surface area contributed by atoms with Gasteiger partial charge in [-0.25, -0.2) is 4.98 Å². The Morgan fingerprint density at radius 1 is 1.25 bits per heavy atom. The van der Waals surface area contributed by atoms with Crippen LogP contribution < -0.4 is 0 Å². The average Bonchev–Trinajstić information content (AvgIpc) is 2.89. The Kier molecular flexibility index (Phi) is 3.98. The lowest BCUT2D eigenvalue weighted by Crippen LogP contribution is -2.00. The summed E-state index contributed by atoms with van der Waals surface area (Å²) in [6.45, 7) is 0. The van der Waals surface area contributed by atoms with Gasteiger partial charge in [-0.2, -0.15) is 0 Å². The maximum atomic E-state index is 11.0. The largest absolute Gasteiger partial charge is 0.481 e. The van der Waals surface area contributed by atoms with Crippen molar-refractivity contribution in [2.24, 2.45) is 10.2 Å². The van der Waals surface area contributed by atoms with Gasteiger partial charge < -0.3 is 5.11 Å². The first kappa shape index (κ1) is 15.3. The summed E-state index contributed by atoms with van der Waals surface area (Å²) in [6.07, 6.45) is 1.39. The van der Waals surface area contributed by atoms with Gasteiger partial charge in [0.2, 0.25) is 0 Å². The molecule has 0 radical (unpaired) electrons. The molecule has 1 aromatic carbocycles. The van der Waals surface area contributed by atoms with Crippen molar-refractivity contribution in [1.82, 2.24) is 9.38 Å². The third-order valence-corrected chi connectivity index (χ3v) is 3.19. The summed E-state index contributed by atoms with van der Waals surface area (Å²) in [7, 11) is 0. The van der Waals surface area contributed by atoms with Crippen LogP contribution in [-0.4, -0.2) is 25.4 Å². The lowest BCUT2D eigenvalue weighted by Gasteiger charge is -1.97. The Labute approximate surface area is 135 Å². The number of pyridine rings is 1. The number of non-ortho nitro benzene ring substituents is 1. The molecule has 0 atom stereocenters. The van der Waals surface area contributed by atoms with E-state index in [1.165, 1.54) is 18.2 Å². The molecule has 0 amide bonds. The first-order valence-electron chi connectivity index (χ1n) is 6.88. The van der Waals surface area contributed by atoms with Crippen molar-refractivity contribution in [2.45, 2.75) is 6.42 Å². The Hall–Kier alpha value is -3.62. The van der Waals surface area contributed by atoms with Crippen molar-refractivity contribution < 1.29 is 14.8 Å². The number of nitro groups is 1. The highest BCUT2D eigenvalue weighted by Crippen LogP contribution is 2.26. The van der Waals surface area contributed by atoms with Crippen LogP contribution in [0.2, 0.25) is 0 Å². The van der Waals surface area contributed by atoms with Crippen molar-refractivity contribution in [1.29, 1.82) is 0 Å². The van der Waals surface area contributed by atoms with Crippen LogP contribution in [0.1, 0.15) is 5.69 Å². The first-order valence-corrected chi connectivity index (χ1v) is 6.88. The highest BCUT2D eigenvalue weighted by molar-refractivity contribution is 5.72. The molecular weight excluding hydrogens is 314 g/mol. The molecule has 0 spiro atoms. The molecule has 0 bridgehead atoms. The Morgan fingerprint density at radius 2 is 2.08 bits per heavy atom. The fourth-order valence-corrected chi connectivity index (χ4v) is 2.17. The summed E-state index contributed by atoms with van der Waals surface area (Å²) in [5.74, 6) is -0.760. The average molecular weight is 325 g/mol. The van der Waals surface area contributed by atoms with Crippen molar-refractivity contribution >= 4 is 28.8 Å². The van der Waals surface area contributed by atoms with E-state index in [0.717, 1.165) is 0 Å². The molecule has 120 valence electrons. The number of imidazole rings is 1. The zero-order chi connectivity index (χ0) is 17.1. The fourth-order valence-electron chi connectivity index (χ4n) is 2.17. The second-order valence-electron chi connectivity index (χ2n) is 4.86. The van der Waals surface area contributed by atoms with Crippen LogP contribution in [0.3, 0.4) is 0 Å². The van der Waals surface area contributed by atoms with Gasteiger partial charge in [-0.05, 0) is 18.2 Å². The van der Waals surface area contributed by atoms with Crippen LogP contribution in [0.15, 0.2) is 58.9 Å². The number of rotatable bonds is 5. The predicted molar refractivity (Wildman–Crippen MR) is 83.8 cm³/mol. The van der Waals surface area contributed by atoms with Crippen LogP contribution in [0.4, 0.5) is 17.2 Å². The molecule has 0 aliphatic rings. The predicted octanol–water partition coefficient (Wildman–Crippen LogP) is 3.29. The quantitative estimate of drug-likeness (QED) is 0.438. The molecule has 0 aliphatic carbocycles. The minimum absolute atomic E-state index is 0.102. The number of carboxylic acid groups (broad SMARTS) is 1. The number of aliphatic carboxylic acids is 1. The monoisotopic (exact) mass is 325 g/mol. The van der Waals surface area contributed by atoms with E-state index in [1.807, 2.05) is 0 Å². The van der Waals surface area contributed by atoms with Gasteiger partial charge >= 0.3 is 5.97 Å². The number of aromatic nitrogens is 2. The standard InChI is InChI=1S/C15H11N5O4/c21-14(22)9-12-15(19-7-2-1-6-13(19)16-12)18-17-10-4-3-5-11(8-10)20(23)24/h1-8H,9H2,(H,21,22). The van der Waals surface area contributed by atoms with Gasteiger partial charge in [0.1, 0.15) is 5.65 Å². The number of benzene rings is 1. The van der Waals surface area contributed by atoms with E-state index in [9.17, 15) is 14.9 Å². The number of nitrogens with zero attached hydrogens (tertiary/aromatic N) is 5. The summed E-state index contributed by atoms with van der Waals surface area (Å²) < 4.78 is 1.61. The number of carbonyl (C=O) groups is 1. The molecule has 9 heteroatoms. The Morgan fingerprint density at radius 3 is 2.83 bits per heavy atom. The smallest absolute Gasteiger partial charge is 0.309 e. The van der Waals surface area contributed by atoms with E-state index in [4.69, 9.17) is 5.11 Å². The van der Waals surface area contributed by atoms with E-state index < -0.39 is 10.9 Å². The second-order valence-corrected chi connectivity index (χ2v) is 4.86. The van der Waals surface area contributed by atoms with Gasteiger partial charge in [-0.3, -0.25) is 19.3 Å². The number of hydrogen-bond donors (Lipinski definition) is 1. The molecule has 3 rings (SSSR count). The molecule has 0 fully saturated rings. The number of fused-ring (bicyclic) bond motifs is 1. The highest BCUT2D eigenvalue weighted by Gasteiger charge is 2.14. The molecule has 9 nitrogen and oxygen atoms in total. The fraction of sp³-hybridized carbons (Fsp3) is 0.0667. The number of carboxylic acids is 1. The maximum absolute atomic E-state index is 11.0. The molecule has 2 heterocycles. The van der Waals surface area contributed by atoms with Gasteiger partial charge in [0, 0.05) is 18.3 Å².